The van der Waals surface area contributed by atoms with E-state index in [0.29, 0.717) is 17.5 Å². The molecule has 0 amide bonds. The van der Waals surface area contributed by atoms with Crippen molar-refractivity contribution in [3.63, 3.8) is 0 Å². The molecule has 0 aliphatic carbocycles. The fraction of sp³-hybridized carbons (Fsp3) is 0. The fourth-order valence-electron chi connectivity index (χ4n) is 8.63. The summed E-state index contributed by atoms with van der Waals surface area (Å²) in [5.41, 5.74) is 9.96. The van der Waals surface area contributed by atoms with Crippen LogP contribution in [0.2, 0.25) is 0 Å². The Morgan fingerprint density at radius 2 is 0.842 bits per heavy atom. The predicted octanol–water partition coefficient (Wildman–Crippen LogP) is 13.4. The van der Waals surface area contributed by atoms with Gasteiger partial charge in [0, 0.05) is 59.4 Å². The molecule has 0 fully saturated rings. The van der Waals surface area contributed by atoms with Crippen LogP contribution >= 0.6 is 11.3 Å². The average Bonchev–Trinajstić information content (AvgIpc) is 3.95. The van der Waals surface area contributed by atoms with Crippen molar-refractivity contribution in [2.75, 3.05) is 0 Å². The molecule has 0 radical (unpaired) electrons. The topological polar surface area (TPSA) is 48.5 Å². The summed E-state index contributed by atoms with van der Waals surface area (Å²) in [6, 6.07) is 66.7. The molecule has 0 aliphatic heterocycles. The van der Waals surface area contributed by atoms with Gasteiger partial charge in [-0.15, -0.1) is 11.3 Å². The van der Waals surface area contributed by atoms with Crippen molar-refractivity contribution < 1.29 is 0 Å². The SMILES string of the molecule is c1ccc(-c2nc(-c3ccccc3)nc(-c3ccc4c(c3)sc3c(-n5c6ccccc6c6ccc7c8ccccc8n(-c8ccccc8)c7c65)cccc34)n2)cc1. The Morgan fingerprint density at radius 3 is 1.47 bits per heavy atom. The summed E-state index contributed by atoms with van der Waals surface area (Å²) >= 11 is 1.83. The summed E-state index contributed by atoms with van der Waals surface area (Å²) in [7, 11) is 0. The summed E-state index contributed by atoms with van der Waals surface area (Å²) in [5.74, 6) is 1.97. The van der Waals surface area contributed by atoms with E-state index < -0.39 is 0 Å². The first kappa shape index (κ1) is 31.9. The first-order valence-corrected chi connectivity index (χ1v) is 19.9. The Labute approximate surface area is 331 Å². The number of para-hydroxylation sites is 3. The highest BCUT2D eigenvalue weighted by Gasteiger charge is 2.23. The maximum atomic E-state index is 5.04. The quantitative estimate of drug-likeness (QED) is 0.176. The van der Waals surface area contributed by atoms with Crippen molar-refractivity contribution in [2.45, 2.75) is 0 Å². The van der Waals surface area contributed by atoms with E-state index in [1.54, 1.807) is 0 Å². The Kier molecular flexibility index (Phi) is 7.03. The lowest BCUT2D eigenvalue weighted by atomic mass is 10.1. The first-order chi connectivity index (χ1) is 28.3. The number of thiophene rings is 1. The zero-order valence-electron chi connectivity index (χ0n) is 30.5. The molecule has 12 aromatic rings. The van der Waals surface area contributed by atoms with Crippen molar-refractivity contribution in [1.82, 2.24) is 24.1 Å². The predicted molar refractivity (Wildman–Crippen MR) is 238 cm³/mol. The normalized spacial score (nSPS) is 11.9. The third kappa shape index (κ3) is 4.91. The summed E-state index contributed by atoms with van der Waals surface area (Å²) < 4.78 is 7.37. The molecule has 0 N–H and O–H groups in total. The fourth-order valence-corrected chi connectivity index (χ4v) is 9.88. The zero-order chi connectivity index (χ0) is 37.5. The van der Waals surface area contributed by atoms with Crippen LogP contribution in [0.5, 0.6) is 0 Å². The Hall–Kier alpha value is -7.41. The molecular weight excluding hydrogens is 715 g/mol. The van der Waals surface area contributed by atoms with Crippen molar-refractivity contribution >= 4 is 75.1 Å². The van der Waals surface area contributed by atoms with Crippen LogP contribution in [0.4, 0.5) is 0 Å². The molecule has 0 bridgehead atoms. The average molecular weight is 746 g/mol. The number of rotatable bonds is 5. The molecule has 4 heterocycles. The molecule has 0 aliphatic rings. The van der Waals surface area contributed by atoms with Gasteiger partial charge in [-0.2, -0.15) is 0 Å². The van der Waals surface area contributed by atoms with E-state index in [4.69, 9.17) is 15.0 Å². The number of fused-ring (bicyclic) bond motifs is 10. The summed E-state index contributed by atoms with van der Waals surface area (Å²) in [6.45, 7) is 0. The molecule has 8 aromatic carbocycles. The van der Waals surface area contributed by atoms with Crippen LogP contribution in [0.3, 0.4) is 0 Å². The van der Waals surface area contributed by atoms with Gasteiger partial charge in [-0.05, 0) is 36.4 Å². The van der Waals surface area contributed by atoms with E-state index >= 15 is 0 Å². The van der Waals surface area contributed by atoms with E-state index in [1.165, 1.54) is 63.8 Å². The van der Waals surface area contributed by atoms with Gasteiger partial charge in [0.25, 0.3) is 0 Å². The minimum Gasteiger partial charge on any atom is -0.307 e. The molecule has 4 aromatic heterocycles. The second-order valence-electron chi connectivity index (χ2n) is 14.4. The highest BCUT2D eigenvalue weighted by molar-refractivity contribution is 7.26. The summed E-state index contributed by atoms with van der Waals surface area (Å²) in [6.07, 6.45) is 0. The monoisotopic (exact) mass is 745 g/mol. The van der Waals surface area contributed by atoms with Crippen molar-refractivity contribution in [3.8, 4) is 45.5 Å². The van der Waals surface area contributed by atoms with E-state index in [1.807, 2.05) is 72.0 Å². The lowest BCUT2D eigenvalue weighted by molar-refractivity contribution is 1.07. The van der Waals surface area contributed by atoms with Crippen LogP contribution in [0.1, 0.15) is 0 Å². The smallest absolute Gasteiger partial charge is 0.164 e. The van der Waals surface area contributed by atoms with E-state index in [0.717, 1.165) is 28.1 Å². The van der Waals surface area contributed by atoms with E-state index in [-0.39, 0.29) is 0 Å². The van der Waals surface area contributed by atoms with Crippen molar-refractivity contribution in [2.24, 2.45) is 0 Å². The van der Waals surface area contributed by atoms with Gasteiger partial charge in [-0.25, -0.2) is 15.0 Å². The van der Waals surface area contributed by atoms with Gasteiger partial charge in [0.15, 0.2) is 17.5 Å². The van der Waals surface area contributed by atoms with Gasteiger partial charge < -0.3 is 9.13 Å². The van der Waals surface area contributed by atoms with Crippen LogP contribution in [-0.2, 0) is 0 Å². The third-order valence-corrected chi connectivity index (χ3v) is 12.4. The number of nitrogens with zero attached hydrogens (tertiary/aromatic N) is 5. The van der Waals surface area contributed by atoms with Crippen molar-refractivity contribution in [3.05, 3.63) is 188 Å². The lowest BCUT2D eigenvalue weighted by Crippen LogP contribution is -1.99. The van der Waals surface area contributed by atoms with Gasteiger partial charge in [-0.3, -0.25) is 0 Å². The van der Waals surface area contributed by atoms with Crippen LogP contribution in [0, 0.1) is 0 Å². The maximum absolute atomic E-state index is 5.04. The van der Waals surface area contributed by atoms with Gasteiger partial charge in [0.1, 0.15) is 0 Å². The highest BCUT2D eigenvalue weighted by Crippen LogP contribution is 2.45. The minimum atomic E-state index is 0.654. The minimum absolute atomic E-state index is 0.654. The largest absolute Gasteiger partial charge is 0.307 e. The van der Waals surface area contributed by atoms with Crippen molar-refractivity contribution in [1.29, 1.82) is 0 Å². The molecule has 0 unspecified atom stereocenters. The van der Waals surface area contributed by atoms with Crippen LogP contribution < -0.4 is 0 Å². The Bertz CT molecular complexity index is 3450. The van der Waals surface area contributed by atoms with Gasteiger partial charge >= 0.3 is 0 Å². The summed E-state index contributed by atoms with van der Waals surface area (Å²) in [4.78, 5) is 15.0. The standard InChI is InChI=1S/C51H31N5S/c1-4-15-32(16-5-1)49-52-50(33-17-6-2-7-18-33)54-51(53-49)34-27-28-38-41-23-14-26-44(48(41)57-45(38)31-34)56-43-25-13-11-22-37(43)40-30-29-39-36-21-10-12-24-42(36)55(46(39)47(40)56)35-19-8-3-9-20-35/h1-31H. The lowest BCUT2D eigenvalue weighted by Gasteiger charge is -2.13. The second-order valence-corrected chi connectivity index (χ2v) is 15.5. The van der Waals surface area contributed by atoms with Crippen LogP contribution in [-0.4, -0.2) is 24.1 Å². The van der Waals surface area contributed by atoms with Gasteiger partial charge in [-0.1, -0.05) is 152 Å². The molecular formula is C51H31N5S. The third-order valence-electron chi connectivity index (χ3n) is 11.2. The van der Waals surface area contributed by atoms with Gasteiger partial charge in [0.2, 0.25) is 0 Å². The molecule has 0 saturated heterocycles. The van der Waals surface area contributed by atoms with E-state index in [9.17, 15) is 0 Å². The second kappa shape index (κ2) is 12.6. The number of hydrogen-bond donors (Lipinski definition) is 0. The molecule has 0 saturated carbocycles. The molecule has 5 nitrogen and oxygen atoms in total. The Morgan fingerprint density at radius 1 is 0.351 bits per heavy atom. The van der Waals surface area contributed by atoms with Crippen LogP contribution in [0.15, 0.2) is 188 Å². The molecule has 12 rings (SSSR count). The zero-order valence-corrected chi connectivity index (χ0v) is 31.4. The molecule has 0 atom stereocenters. The maximum Gasteiger partial charge on any atom is 0.164 e. The molecule has 0 spiro atoms. The van der Waals surface area contributed by atoms with Crippen LogP contribution in [0.25, 0.3) is 109 Å². The highest BCUT2D eigenvalue weighted by atomic mass is 32.1. The number of benzene rings is 8. The summed E-state index contributed by atoms with van der Waals surface area (Å²) in [5, 5.41) is 7.39. The van der Waals surface area contributed by atoms with E-state index in [2.05, 4.69) is 137 Å². The molecule has 57 heavy (non-hydrogen) atoms. The number of hydrogen-bond acceptors (Lipinski definition) is 4. The van der Waals surface area contributed by atoms with Gasteiger partial charge in [0.05, 0.1) is 32.5 Å². The Balaban J connectivity index is 1.12. The molecule has 266 valence electrons. The molecule has 6 heteroatoms. The first-order valence-electron chi connectivity index (χ1n) is 19.1. The number of aromatic nitrogens is 5.